The lowest BCUT2D eigenvalue weighted by molar-refractivity contribution is -0.157. The molecule has 2 saturated heterocycles. The molecule has 0 saturated carbocycles. The van der Waals surface area contributed by atoms with Gasteiger partial charge in [0.15, 0.2) is 0 Å². The molecule has 2 fully saturated rings. The number of likely N-dealkylation sites (tertiary alicyclic amines) is 1. The fraction of sp³-hybridized carbons (Fsp3) is 0.529. The SMILES string of the molecule is O=C(C1COc2ccc(Br)cc21)N1C[C@H]2COCC[C@@]2(C(=O)O)C1. The molecule has 6 nitrogen and oxygen atoms in total. The molecule has 1 amide bonds. The Hall–Kier alpha value is -1.60. The van der Waals surface area contributed by atoms with E-state index in [1.54, 1.807) is 4.90 Å². The van der Waals surface area contributed by atoms with Crippen LogP contribution in [0.1, 0.15) is 17.9 Å². The van der Waals surface area contributed by atoms with Crippen LogP contribution in [0.3, 0.4) is 0 Å². The van der Waals surface area contributed by atoms with Crippen molar-refractivity contribution in [2.75, 3.05) is 32.9 Å². The van der Waals surface area contributed by atoms with Crippen LogP contribution in [0.15, 0.2) is 22.7 Å². The Morgan fingerprint density at radius 1 is 1.33 bits per heavy atom. The van der Waals surface area contributed by atoms with Crippen LogP contribution in [-0.2, 0) is 14.3 Å². The van der Waals surface area contributed by atoms with Crippen LogP contribution < -0.4 is 4.74 Å². The van der Waals surface area contributed by atoms with Gasteiger partial charge in [-0.1, -0.05) is 15.9 Å². The topological polar surface area (TPSA) is 76.1 Å². The summed E-state index contributed by atoms with van der Waals surface area (Å²) in [4.78, 5) is 26.6. The number of carbonyl (C=O) groups is 2. The second kappa shape index (κ2) is 5.74. The van der Waals surface area contributed by atoms with Gasteiger partial charge in [-0.25, -0.2) is 0 Å². The molecule has 128 valence electrons. The third-order valence-corrected chi connectivity index (χ3v) is 5.99. The highest BCUT2D eigenvalue weighted by Gasteiger charge is 2.55. The lowest BCUT2D eigenvalue weighted by atomic mass is 9.74. The monoisotopic (exact) mass is 395 g/mol. The van der Waals surface area contributed by atoms with E-state index < -0.39 is 11.4 Å². The van der Waals surface area contributed by atoms with Crippen LogP contribution in [0, 0.1) is 11.3 Å². The van der Waals surface area contributed by atoms with Gasteiger partial charge in [0.1, 0.15) is 18.3 Å². The van der Waals surface area contributed by atoms with Crippen molar-refractivity contribution in [1.82, 2.24) is 4.90 Å². The van der Waals surface area contributed by atoms with Gasteiger partial charge in [-0.05, 0) is 24.6 Å². The highest BCUT2D eigenvalue weighted by molar-refractivity contribution is 9.10. The first-order valence-electron chi connectivity index (χ1n) is 8.03. The molecular formula is C17H18BrNO5. The maximum absolute atomic E-state index is 13.0. The number of nitrogens with zero attached hydrogens (tertiary/aromatic N) is 1. The number of rotatable bonds is 2. The average Bonchev–Trinajstić information content (AvgIpc) is 3.15. The number of halogens is 1. The van der Waals surface area contributed by atoms with Gasteiger partial charge in [0.2, 0.25) is 5.91 Å². The molecule has 4 rings (SSSR count). The summed E-state index contributed by atoms with van der Waals surface area (Å²) in [6, 6.07) is 5.64. The summed E-state index contributed by atoms with van der Waals surface area (Å²) in [5.74, 6) is -0.662. The fourth-order valence-corrected chi connectivity index (χ4v) is 4.46. The molecule has 0 aliphatic carbocycles. The summed E-state index contributed by atoms with van der Waals surface area (Å²) in [7, 11) is 0. The summed E-state index contributed by atoms with van der Waals surface area (Å²) in [5, 5.41) is 9.73. The first kappa shape index (κ1) is 15.9. The van der Waals surface area contributed by atoms with Crippen LogP contribution in [0.4, 0.5) is 0 Å². The number of benzene rings is 1. The van der Waals surface area contributed by atoms with Crippen molar-refractivity contribution in [2.24, 2.45) is 11.3 Å². The molecular weight excluding hydrogens is 378 g/mol. The van der Waals surface area contributed by atoms with Gasteiger partial charge in [0.25, 0.3) is 0 Å². The summed E-state index contributed by atoms with van der Waals surface area (Å²) < 4.78 is 12.0. The van der Waals surface area contributed by atoms with Gasteiger partial charge < -0.3 is 19.5 Å². The van der Waals surface area contributed by atoms with E-state index in [1.807, 2.05) is 18.2 Å². The number of carboxylic acids is 1. The molecule has 1 N–H and O–H groups in total. The number of carbonyl (C=O) groups excluding carboxylic acids is 1. The van der Waals surface area contributed by atoms with Crippen LogP contribution in [0.5, 0.6) is 5.75 Å². The molecule has 0 radical (unpaired) electrons. The average molecular weight is 396 g/mol. The molecule has 3 heterocycles. The molecule has 24 heavy (non-hydrogen) atoms. The maximum atomic E-state index is 13.0. The lowest BCUT2D eigenvalue weighted by Crippen LogP contribution is -2.45. The molecule has 1 aromatic rings. The highest BCUT2D eigenvalue weighted by atomic mass is 79.9. The van der Waals surface area contributed by atoms with Crippen LogP contribution in [0.25, 0.3) is 0 Å². The van der Waals surface area contributed by atoms with E-state index in [-0.39, 0.29) is 24.3 Å². The molecule has 3 aliphatic heterocycles. The molecule has 1 aromatic carbocycles. The number of fused-ring (bicyclic) bond motifs is 2. The quantitative estimate of drug-likeness (QED) is 0.826. The Kier molecular flexibility index (Phi) is 3.80. The zero-order valence-electron chi connectivity index (χ0n) is 13.0. The minimum absolute atomic E-state index is 0.0538. The van der Waals surface area contributed by atoms with E-state index in [0.717, 1.165) is 15.8 Å². The fourth-order valence-electron chi connectivity index (χ4n) is 4.08. The number of amides is 1. The van der Waals surface area contributed by atoms with Crippen molar-refractivity contribution in [1.29, 1.82) is 0 Å². The zero-order valence-corrected chi connectivity index (χ0v) is 14.6. The first-order chi connectivity index (χ1) is 11.5. The van der Waals surface area contributed by atoms with Gasteiger partial charge in [-0.15, -0.1) is 0 Å². The Balaban J connectivity index is 1.59. The van der Waals surface area contributed by atoms with E-state index in [9.17, 15) is 14.7 Å². The van der Waals surface area contributed by atoms with Gasteiger partial charge in [0, 0.05) is 35.7 Å². The summed E-state index contributed by atoms with van der Waals surface area (Å²) in [6.45, 7) is 1.84. The minimum Gasteiger partial charge on any atom is -0.492 e. The summed E-state index contributed by atoms with van der Waals surface area (Å²) >= 11 is 3.43. The third-order valence-electron chi connectivity index (χ3n) is 5.50. The van der Waals surface area contributed by atoms with Crippen LogP contribution in [0.2, 0.25) is 0 Å². The second-order valence-electron chi connectivity index (χ2n) is 6.75. The highest BCUT2D eigenvalue weighted by Crippen LogP contribution is 2.44. The van der Waals surface area contributed by atoms with Gasteiger partial charge in [-0.2, -0.15) is 0 Å². The van der Waals surface area contributed by atoms with Gasteiger partial charge in [-0.3, -0.25) is 9.59 Å². The molecule has 3 atom stereocenters. The molecule has 1 unspecified atom stereocenters. The second-order valence-corrected chi connectivity index (χ2v) is 7.66. The zero-order chi connectivity index (χ0) is 16.9. The van der Waals surface area contributed by atoms with E-state index in [1.165, 1.54) is 0 Å². The van der Waals surface area contributed by atoms with Crippen molar-refractivity contribution in [2.45, 2.75) is 12.3 Å². The van der Waals surface area contributed by atoms with E-state index in [2.05, 4.69) is 15.9 Å². The van der Waals surface area contributed by atoms with Crippen molar-refractivity contribution in [3.05, 3.63) is 28.2 Å². The number of hydrogen-bond acceptors (Lipinski definition) is 4. The Morgan fingerprint density at radius 3 is 2.92 bits per heavy atom. The van der Waals surface area contributed by atoms with Crippen molar-refractivity contribution in [3.63, 3.8) is 0 Å². The minimum atomic E-state index is -0.868. The predicted molar refractivity (Wildman–Crippen MR) is 88.0 cm³/mol. The summed E-state index contributed by atoms with van der Waals surface area (Å²) in [6.07, 6.45) is 0.458. The normalized spacial score (nSPS) is 31.3. The Bertz CT molecular complexity index is 708. The van der Waals surface area contributed by atoms with Gasteiger partial charge in [0.05, 0.1) is 12.0 Å². The molecule has 0 aromatic heterocycles. The molecule has 7 heteroatoms. The standard InChI is InChI=1S/C17H18BrNO5/c18-11-1-2-14-12(5-11)13(8-24-14)15(20)19-6-10-7-23-4-3-17(10,9-19)16(21)22/h1-2,5,10,13H,3-4,6-9H2,(H,21,22)/t10-,13?,17+/m0/s1. The number of hydrogen-bond donors (Lipinski definition) is 1. The number of aliphatic carboxylic acids is 1. The van der Waals surface area contributed by atoms with Crippen LogP contribution >= 0.6 is 15.9 Å². The lowest BCUT2D eigenvalue weighted by Gasteiger charge is -2.33. The third kappa shape index (κ3) is 2.33. The van der Waals surface area contributed by atoms with E-state index >= 15 is 0 Å². The smallest absolute Gasteiger partial charge is 0.311 e. The van der Waals surface area contributed by atoms with Crippen molar-refractivity contribution in [3.8, 4) is 5.75 Å². The molecule has 0 bridgehead atoms. The van der Waals surface area contributed by atoms with Crippen molar-refractivity contribution >= 4 is 27.8 Å². The maximum Gasteiger partial charge on any atom is 0.311 e. The Morgan fingerprint density at radius 2 is 2.17 bits per heavy atom. The number of ether oxygens (including phenoxy) is 2. The van der Waals surface area contributed by atoms with Crippen LogP contribution in [-0.4, -0.2) is 54.8 Å². The Labute approximate surface area is 147 Å². The number of carboxylic acid groups (broad SMARTS) is 1. The predicted octanol–water partition coefficient (Wildman–Crippen LogP) is 1.87. The van der Waals surface area contributed by atoms with E-state index in [0.29, 0.717) is 32.8 Å². The summed E-state index contributed by atoms with van der Waals surface area (Å²) in [5.41, 5.74) is -0.00196. The van der Waals surface area contributed by atoms with E-state index in [4.69, 9.17) is 9.47 Å². The first-order valence-corrected chi connectivity index (χ1v) is 8.83. The van der Waals surface area contributed by atoms with Crippen molar-refractivity contribution < 1.29 is 24.2 Å². The molecule has 0 spiro atoms. The van der Waals surface area contributed by atoms with Gasteiger partial charge >= 0.3 is 5.97 Å². The largest absolute Gasteiger partial charge is 0.492 e. The molecule has 3 aliphatic rings.